The molecule has 1 saturated heterocycles. The monoisotopic (exact) mass is 484 g/mol. The number of ether oxygens (including phenoxy) is 2. The zero-order valence-electron chi connectivity index (χ0n) is 18.6. The van der Waals surface area contributed by atoms with Gasteiger partial charge in [0, 0.05) is 36.2 Å². The second-order valence-electron chi connectivity index (χ2n) is 7.87. The Morgan fingerprint density at radius 1 is 0.758 bits per heavy atom. The Morgan fingerprint density at radius 3 is 1.64 bits per heavy atom. The fraction of sp³-hybridized carbons (Fsp3) is 0.269. The molecule has 0 bridgehead atoms. The molecule has 4 rings (SSSR count). The average molecular weight is 485 g/mol. The van der Waals surface area contributed by atoms with Crippen LogP contribution in [0, 0.1) is 0 Å². The van der Waals surface area contributed by atoms with Crippen molar-refractivity contribution in [2.45, 2.75) is 6.04 Å². The number of piperazine rings is 1. The number of halogens is 2. The van der Waals surface area contributed by atoms with E-state index in [0.717, 1.165) is 24.2 Å². The molecule has 33 heavy (non-hydrogen) atoms. The standard InChI is InChI=1S/C26H26Cl2N2O3/c1-32-22-4-3-5-23(33-2)24(22)26(31)30-16-14-29(15-17-30)25(18-6-10-20(27)11-7-18)19-8-12-21(28)13-9-19/h3-13,25H,14-17H2,1-2H3. The first-order chi connectivity index (χ1) is 16.0. The van der Waals surface area contributed by atoms with E-state index in [1.54, 1.807) is 26.4 Å². The topological polar surface area (TPSA) is 42.0 Å². The van der Waals surface area contributed by atoms with Gasteiger partial charge in [0.1, 0.15) is 17.1 Å². The summed E-state index contributed by atoms with van der Waals surface area (Å²) >= 11 is 12.3. The summed E-state index contributed by atoms with van der Waals surface area (Å²) in [6.45, 7) is 2.63. The van der Waals surface area contributed by atoms with Crippen LogP contribution in [0.3, 0.4) is 0 Å². The lowest BCUT2D eigenvalue weighted by molar-refractivity contribution is 0.0591. The molecule has 7 heteroatoms. The van der Waals surface area contributed by atoms with Crippen molar-refractivity contribution in [3.05, 3.63) is 93.5 Å². The molecular formula is C26H26Cl2N2O3. The van der Waals surface area contributed by atoms with Gasteiger partial charge in [0.05, 0.1) is 20.3 Å². The number of carbonyl (C=O) groups excluding carboxylic acids is 1. The van der Waals surface area contributed by atoms with Gasteiger partial charge >= 0.3 is 0 Å². The molecule has 1 heterocycles. The molecule has 0 unspecified atom stereocenters. The lowest BCUT2D eigenvalue weighted by Crippen LogP contribution is -2.50. The number of benzene rings is 3. The summed E-state index contributed by atoms with van der Waals surface area (Å²) in [5.41, 5.74) is 2.75. The minimum atomic E-state index is -0.0847. The van der Waals surface area contributed by atoms with E-state index in [1.165, 1.54) is 0 Å². The van der Waals surface area contributed by atoms with Crippen LogP contribution in [0.4, 0.5) is 0 Å². The van der Waals surface area contributed by atoms with Crippen LogP contribution in [0.1, 0.15) is 27.5 Å². The molecule has 1 aliphatic rings. The van der Waals surface area contributed by atoms with E-state index in [0.29, 0.717) is 40.2 Å². The Kier molecular flexibility index (Phi) is 7.43. The molecule has 1 fully saturated rings. The van der Waals surface area contributed by atoms with Crippen LogP contribution < -0.4 is 9.47 Å². The third-order valence-electron chi connectivity index (χ3n) is 5.98. The number of methoxy groups -OCH3 is 2. The van der Waals surface area contributed by atoms with E-state index in [1.807, 2.05) is 35.2 Å². The van der Waals surface area contributed by atoms with Crippen LogP contribution in [-0.2, 0) is 0 Å². The van der Waals surface area contributed by atoms with Gasteiger partial charge in [0.2, 0.25) is 0 Å². The number of rotatable bonds is 6. The largest absolute Gasteiger partial charge is 0.496 e. The second-order valence-corrected chi connectivity index (χ2v) is 8.74. The van der Waals surface area contributed by atoms with Crippen LogP contribution in [0.25, 0.3) is 0 Å². The van der Waals surface area contributed by atoms with E-state index in [9.17, 15) is 4.79 Å². The van der Waals surface area contributed by atoms with Gasteiger partial charge in [-0.25, -0.2) is 0 Å². The summed E-state index contributed by atoms with van der Waals surface area (Å²) in [4.78, 5) is 17.6. The van der Waals surface area contributed by atoms with Crippen LogP contribution in [0.15, 0.2) is 66.7 Å². The van der Waals surface area contributed by atoms with E-state index in [4.69, 9.17) is 32.7 Å². The van der Waals surface area contributed by atoms with Gasteiger partial charge in [-0.2, -0.15) is 0 Å². The molecular weight excluding hydrogens is 459 g/mol. The Balaban J connectivity index is 1.56. The van der Waals surface area contributed by atoms with Gasteiger partial charge in [-0.05, 0) is 47.5 Å². The molecule has 0 spiro atoms. The molecule has 5 nitrogen and oxygen atoms in total. The summed E-state index contributed by atoms with van der Waals surface area (Å²) < 4.78 is 10.9. The molecule has 3 aromatic carbocycles. The first-order valence-corrected chi connectivity index (χ1v) is 11.5. The van der Waals surface area contributed by atoms with Crippen molar-refractivity contribution in [1.82, 2.24) is 9.80 Å². The fourth-order valence-corrected chi connectivity index (χ4v) is 4.56. The minimum absolute atomic E-state index is 0.0394. The molecule has 172 valence electrons. The van der Waals surface area contributed by atoms with Gasteiger partial charge in [0.15, 0.2) is 0 Å². The van der Waals surface area contributed by atoms with Crippen LogP contribution in [-0.4, -0.2) is 56.1 Å². The molecule has 0 aliphatic carbocycles. The number of amides is 1. The Bertz CT molecular complexity index is 1030. The summed E-state index contributed by atoms with van der Waals surface area (Å²) in [5.74, 6) is 0.947. The molecule has 0 radical (unpaired) electrons. The summed E-state index contributed by atoms with van der Waals surface area (Å²) in [5, 5.41) is 1.41. The van der Waals surface area contributed by atoms with Crippen LogP contribution in [0.5, 0.6) is 11.5 Å². The molecule has 1 amide bonds. The van der Waals surface area contributed by atoms with Crippen molar-refractivity contribution < 1.29 is 14.3 Å². The van der Waals surface area contributed by atoms with Crippen molar-refractivity contribution in [1.29, 1.82) is 0 Å². The lowest BCUT2D eigenvalue weighted by Gasteiger charge is -2.40. The van der Waals surface area contributed by atoms with Gasteiger partial charge in [-0.3, -0.25) is 9.69 Å². The van der Waals surface area contributed by atoms with Gasteiger partial charge in [-0.1, -0.05) is 53.5 Å². The van der Waals surface area contributed by atoms with Crippen molar-refractivity contribution in [3.63, 3.8) is 0 Å². The van der Waals surface area contributed by atoms with E-state index < -0.39 is 0 Å². The SMILES string of the molecule is COc1cccc(OC)c1C(=O)N1CCN(C(c2ccc(Cl)cc2)c2ccc(Cl)cc2)CC1. The Morgan fingerprint density at radius 2 is 1.21 bits per heavy atom. The van der Waals surface area contributed by atoms with E-state index in [-0.39, 0.29) is 11.9 Å². The highest BCUT2D eigenvalue weighted by atomic mass is 35.5. The van der Waals surface area contributed by atoms with Crippen molar-refractivity contribution in [2.24, 2.45) is 0 Å². The van der Waals surface area contributed by atoms with E-state index >= 15 is 0 Å². The normalized spacial score (nSPS) is 14.4. The minimum Gasteiger partial charge on any atom is -0.496 e. The number of hydrogen-bond acceptors (Lipinski definition) is 4. The first-order valence-electron chi connectivity index (χ1n) is 10.8. The maximum absolute atomic E-state index is 13.4. The second kappa shape index (κ2) is 10.5. The van der Waals surface area contributed by atoms with Crippen molar-refractivity contribution in [3.8, 4) is 11.5 Å². The van der Waals surface area contributed by atoms with Crippen LogP contribution >= 0.6 is 23.2 Å². The Hall–Kier alpha value is -2.73. The Labute approximate surface area is 204 Å². The van der Waals surface area contributed by atoms with Crippen molar-refractivity contribution in [2.75, 3.05) is 40.4 Å². The van der Waals surface area contributed by atoms with E-state index in [2.05, 4.69) is 29.2 Å². The molecule has 0 atom stereocenters. The lowest BCUT2D eigenvalue weighted by atomic mass is 9.96. The maximum atomic E-state index is 13.4. The molecule has 0 N–H and O–H groups in total. The average Bonchev–Trinajstić information content (AvgIpc) is 2.86. The van der Waals surface area contributed by atoms with Gasteiger partial charge < -0.3 is 14.4 Å². The zero-order chi connectivity index (χ0) is 23.4. The highest BCUT2D eigenvalue weighted by Gasteiger charge is 2.31. The summed E-state index contributed by atoms with van der Waals surface area (Å²) in [6, 6.07) is 21.3. The van der Waals surface area contributed by atoms with Crippen molar-refractivity contribution >= 4 is 29.1 Å². The fourth-order valence-electron chi connectivity index (χ4n) is 4.31. The first kappa shape index (κ1) is 23.4. The summed E-state index contributed by atoms with van der Waals surface area (Å²) in [6.07, 6.45) is 0. The molecule has 0 saturated carbocycles. The predicted octanol–water partition coefficient (Wildman–Crippen LogP) is 5.56. The third kappa shape index (κ3) is 5.11. The highest BCUT2D eigenvalue weighted by molar-refractivity contribution is 6.30. The maximum Gasteiger partial charge on any atom is 0.261 e. The highest BCUT2D eigenvalue weighted by Crippen LogP contribution is 2.33. The predicted molar refractivity (Wildman–Crippen MR) is 132 cm³/mol. The number of nitrogens with zero attached hydrogens (tertiary/aromatic N) is 2. The quantitative estimate of drug-likeness (QED) is 0.459. The number of carbonyl (C=O) groups is 1. The number of hydrogen-bond donors (Lipinski definition) is 0. The van der Waals surface area contributed by atoms with Gasteiger partial charge in [0.25, 0.3) is 5.91 Å². The smallest absolute Gasteiger partial charge is 0.261 e. The molecule has 3 aromatic rings. The molecule has 1 aliphatic heterocycles. The third-order valence-corrected chi connectivity index (χ3v) is 6.48. The van der Waals surface area contributed by atoms with Crippen LogP contribution in [0.2, 0.25) is 10.0 Å². The molecule has 0 aromatic heterocycles. The zero-order valence-corrected chi connectivity index (χ0v) is 20.1. The van der Waals surface area contributed by atoms with Gasteiger partial charge in [-0.15, -0.1) is 0 Å². The summed E-state index contributed by atoms with van der Waals surface area (Å²) in [7, 11) is 3.12.